The number of nitrogens with zero attached hydrogens (tertiary/aromatic N) is 4. The van der Waals surface area contributed by atoms with Crippen LogP contribution in [-0.4, -0.2) is 53.8 Å². The minimum atomic E-state index is 0. The predicted octanol–water partition coefficient (Wildman–Crippen LogP) is 14.3. The fourth-order valence-corrected chi connectivity index (χ4v) is 8.26. The fourth-order valence-electron chi connectivity index (χ4n) is 7.76. The Labute approximate surface area is 459 Å². The Morgan fingerprint density at radius 2 is 0.569 bits per heavy atom. The van der Waals surface area contributed by atoms with Crippen molar-refractivity contribution in [3.05, 3.63) is 191 Å². The zero-order valence-electron chi connectivity index (χ0n) is 38.2. The van der Waals surface area contributed by atoms with Crippen LogP contribution in [0.5, 0.6) is 0 Å². The van der Waals surface area contributed by atoms with Crippen LogP contribution in [0, 0.1) is 26.6 Å². The van der Waals surface area contributed by atoms with Crippen molar-refractivity contribution in [2.45, 2.75) is 25.7 Å². The first-order chi connectivity index (χ1) is 34.4. The molecule has 16 heteroatoms. The first-order valence-corrected chi connectivity index (χ1v) is 23.0. The zero-order valence-corrected chi connectivity index (χ0v) is 43.4. The van der Waals surface area contributed by atoms with Gasteiger partial charge in [0.2, 0.25) is 0 Å². The Morgan fingerprint density at radius 3 is 0.819 bits per heavy atom. The van der Waals surface area contributed by atoms with Gasteiger partial charge >= 0.3 is 62.6 Å². The maximum atomic E-state index is 7.50. The van der Waals surface area contributed by atoms with Crippen LogP contribution in [0.1, 0.15) is 48.5 Å². The molecule has 4 aliphatic heterocycles. The fraction of sp³-hybridized carbons (Fsp3) is 0.143. The molecule has 2 saturated heterocycles. The van der Waals surface area contributed by atoms with E-state index >= 15 is 0 Å². The molecule has 7 aromatic rings. The van der Waals surface area contributed by atoms with Gasteiger partial charge in [-0.25, -0.2) is 9.97 Å². The van der Waals surface area contributed by atoms with E-state index in [1.807, 2.05) is 146 Å². The number of hydrogen-bond donors (Lipinski definition) is 0. The number of aromatic nitrogens is 4. The van der Waals surface area contributed by atoms with Crippen LogP contribution in [0.2, 0.25) is 20.1 Å². The van der Waals surface area contributed by atoms with Gasteiger partial charge in [0.25, 0.3) is 0 Å². The predicted molar refractivity (Wildman–Crippen MR) is 280 cm³/mol. The minimum absolute atomic E-state index is 0. The molecule has 7 heterocycles. The molecule has 0 N–H and O–H groups in total. The summed E-state index contributed by atoms with van der Waals surface area (Å²) in [5, 5.41) is 2.58. The van der Waals surface area contributed by atoms with Gasteiger partial charge in [-0.15, -0.1) is 22.1 Å². The molecular formula is C56H40AlCl4CoN4O6+. The topological polar surface area (TPSA) is 152 Å². The Morgan fingerprint density at radius 1 is 0.347 bits per heavy atom. The third-order valence-electron chi connectivity index (χ3n) is 10.8. The molecule has 0 aliphatic carbocycles. The second-order valence-electron chi connectivity index (χ2n) is 15.0. The van der Waals surface area contributed by atoms with Gasteiger partial charge in [-0.1, -0.05) is 119 Å². The maximum Gasteiger partial charge on any atom is 0 e. The third-order valence-corrected chi connectivity index (χ3v) is 11.8. The van der Waals surface area contributed by atoms with Crippen molar-refractivity contribution in [2.24, 2.45) is 0 Å². The second-order valence-corrected chi connectivity index (χ2v) is 16.8. The smallest absolute Gasteiger partial charge is 0 e. The van der Waals surface area contributed by atoms with Gasteiger partial charge in [0, 0.05) is 68.9 Å². The normalized spacial score (nSPS) is 12.2. The molecule has 0 amide bonds. The van der Waals surface area contributed by atoms with E-state index in [1.54, 1.807) is 0 Å². The molecule has 8 bridgehead atoms. The van der Waals surface area contributed by atoms with Gasteiger partial charge in [-0.3, -0.25) is 0 Å². The van der Waals surface area contributed by atoms with Crippen molar-refractivity contribution in [1.29, 1.82) is 0 Å². The monoisotopic (exact) mass is 1090 g/mol. The Balaban J connectivity index is 0.000000593. The van der Waals surface area contributed by atoms with Crippen LogP contribution in [-0.2, 0) is 44.9 Å². The summed E-state index contributed by atoms with van der Waals surface area (Å²) in [5.41, 5.74) is 13.4. The number of fused-ring (bicyclic) bond motifs is 8. The molecule has 359 valence electrons. The van der Waals surface area contributed by atoms with Crippen LogP contribution in [0.4, 0.5) is 0 Å². The summed E-state index contributed by atoms with van der Waals surface area (Å²) in [6.45, 7) is 22.0. The molecule has 10 nitrogen and oxygen atoms in total. The summed E-state index contributed by atoms with van der Waals surface area (Å²) >= 11 is 25.4. The Hall–Kier alpha value is -5.44. The van der Waals surface area contributed by atoms with Gasteiger partial charge in [-0.2, -0.15) is 0 Å². The summed E-state index contributed by atoms with van der Waals surface area (Å²) in [6, 6.07) is 39.2. The van der Waals surface area contributed by atoms with Gasteiger partial charge in [0.1, 0.15) is 0 Å². The largest absolute Gasteiger partial charge is 0 e. The van der Waals surface area contributed by atoms with Crippen molar-refractivity contribution in [3.63, 3.8) is 0 Å². The molecule has 0 saturated carbocycles. The molecule has 3 aromatic heterocycles. The van der Waals surface area contributed by atoms with Crippen LogP contribution < -0.4 is 9.97 Å². The van der Waals surface area contributed by atoms with E-state index in [9.17, 15) is 0 Å². The quantitative estimate of drug-likeness (QED) is 0.0972. The van der Waals surface area contributed by atoms with Gasteiger partial charge in [-0.05, 0) is 137 Å². The molecule has 1 radical (unpaired) electrons. The number of ether oxygens (including phenoxy) is 2. The second kappa shape index (κ2) is 31.9. The third kappa shape index (κ3) is 15.8. The van der Waals surface area contributed by atoms with Crippen molar-refractivity contribution in [1.82, 2.24) is 19.9 Å². The Bertz CT molecular complexity index is 2970. The molecule has 0 atom stereocenters. The number of rotatable bonds is 4. The first kappa shape index (κ1) is 60.9. The molecule has 4 aliphatic rings. The number of halogens is 4. The molecular weight excluding hydrogens is 1050 g/mol. The van der Waals surface area contributed by atoms with Gasteiger partial charge in [0.15, 0.2) is 0 Å². The SMILES string of the molecule is C1CCOC1.C1CCOC1.Clc1ccc(-c2c3nc(c(-c4ccc(Cl)cc4)c4ccc([n-]4)c(-c4ccc(Cl)cc4)c4ccc([n-]4)c(-c4ccc(Cl)cc4)c4nc2C=C4)C=C3)cc1.[Al+3].[C-]#[O+].[C-]#[O+].[C-]#[O+].[C-]#[O+].[Co]. The maximum absolute atomic E-state index is 7.50. The van der Waals surface area contributed by atoms with Crippen molar-refractivity contribution < 1.29 is 44.9 Å². The molecule has 2 fully saturated rings. The molecule has 0 spiro atoms. The minimum Gasteiger partial charge on any atom is 0 e. The van der Waals surface area contributed by atoms with E-state index in [0.717, 1.165) is 116 Å². The molecule has 4 aromatic carbocycles. The van der Waals surface area contributed by atoms with Crippen LogP contribution in [0.25, 0.3) is 90.9 Å². The van der Waals surface area contributed by atoms with Gasteiger partial charge < -0.3 is 19.4 Å². The van der Waals surface area contributed by atoms with E-state index < -0.39 is 0 Å². The van der Waals surface area contributed by atoms with Crippen molar-refractivity contribution >= 4 is 110 Å². The van der Waals surface area contributed by atoms with Crippen molar-refractivity contribution in [3.8, 4) is 44.5 Å². The van der Waals surface area contributed by atoms with E-state index in [4.69, 9.17) is 94.4 Å². The number of benzene rings is 4. The summed E-state index contributed by atoms with van der Waals surface area (Å²) in [4.78, 5) is 21.1. The summed E-state index contributed by atoms with van der Waals surface area (Å²) in [5.74, 6) is 0. The Kier molecular flexibility index (Phi) is 27.0. The number of hydrogen-bond acceptors (Lipinski definition) is 4. The summed E-state index contributed by atoms with van der Waals surface area (Å²) in [6.07, 6.45) is 13.2. The molecule has 0 unspecified atom stereocenters. The van der Waals surface area contributed by atoms with E-state index in [1.165, 1.54) is 25.7 Å². The van der Waals surface area contributed by atoms with Crippen molar-refractivity contribution in [2.75, 3.05) is 26.4 Å². The van der Waals surface area contributed by atoms with Crippen LogP contribution in [0.15, 0.2) is 121 Å². The molecule has 72 heavy (non-hydrogen) atoms. The molecule has 11 rings (SSSR count). The standard InChI is InChI=1S/C44H24Cl4N4.2C4H8O.4CO.Al.Co/c45-29-9-1-25(2-10-29)41-33-17-19-35(49-33)42(26-3-11-30(46)12-4-26)37-21-23-39(51-37)44(28-7-15-32(48)16-8-28)40-24-22-38(52-40)43(36-20-18-34(41)50-36)27-5-13-31(47)14-6-27;2*1-2-4-5-3-1;4*1-2;;/h1-24H;2*1-4H2;;;;;;/q-2;;;;;;;+3;. The van der Waals surface area contributed by atoms with E-state index in [0.29, 0.717) is 20.1 Å². The average Bonchev–Trinajstić information content (AvgIpc) is 4.27. The summed E-state index contributed by atoms with van der Waals surface area (Å²) < 4.78 is 39.9. The first-order valence-electron chi connectivity index (χ1n) is 21.4. The zero-order chi connectivity index (χ0) is 50.4. The summed E-state index contributed by atoms with van der Waals surface area (Å²) in [7, 11) is 0. The average molecular weight is 1090 g/mol. The van der Waals surface area contributed by atoms with E-state index in [2.05, 4.69) is 26.6 Å². The van der Waals surface area contributed by atoms with Crippen LogP contribution in [0.3, 0.4) is 0 Å². The van der Waals surface area contributed by atoms with E-state index in [-0.39, 0.29) is 34.1 Å². The van der Waals surface area contributed by atoms with Crippen LogP contribution >= 0.6 is 46.4 Å². The van der Waals surface area contributed by atoms with Gasteiger partial charge in [0.05, 0.1) is 22.8 Å².